The van der Waals surface area contributed by atoms with Crippen LogP contribution in [-0.2, 0) is 9.53 Å². The Kier molecular flexibility index (Phi) is 6.73. The van der Waals surface area contributed by atoms with Gasteiger partial charge in [0.2, 0.25) is 0 Å². The number of carbonyl (C=O) groups excluding carboxylic acids is 1. The average molecular weight is 251 g/mol. The molecule has 1 aliphatic carbocycles. The molecule has 0 saturated carbocycles. The number of likely N-dealkylation sites (N-methyl/N-ethyl adjacent to an activating group) is 1. The van der Waals surface area contributed by atoms with E-state index in [0.29, 0.717) is 12.5 Å². The van der Waals surface area contributed by atoms with Crippen LogP contribution in [0.15, 0.2) is 23.8 Å². The van der Waals surface area contributed by atoms with Gasteiger partial charge in [0.25, 0.3) is 0 Å². The molecule has 0 aliphatic heterocycles. The lowest BCUT2D eigenvalue weighted by atomic mass is 9.94. The van der Waals surface area contributed by atoms with E-state index in [1.807, 2.05) is 13.1 Å². The molecule has 0 saturated heterocycles. The average Bonchev–Trinajstić information content (AvgIpc) is 2.43. The Labute approximate surface area is 110 Å². The summed E-state index contributed by atoms with van der Waals surface area (Å²) in [6, 6.07) is -0.187. The molecule has 3 heteroatoms. The molecule has 0 aromatic heterocycles. The van der Waals surface area contributed by atoms with Crippen LogP contribution in [0.5, 0.6) is 0 Å². The predicted octanol–water partition coefficient (Wildman–Crippen LogP) is 2.83. The first-order chi connectivity index (χ1) is 8.72. The van der Waals surface area contributed by atoms with Crippen LogP contribution in [0.4, 0.5) is 0 Å². The predicted molar refractivity (Wildman–Crippen MR) is 74.3 cm³/mol. The molecule has 0 heterocycles. The second-order valence-electron chi connectivity index (χ2n) is 4.71. The van der Waals surface area contributed by atoms with Crippen LogP contribution in [0, 0.1) is 5.92 Å². The van der Waals surface area contributed by atoms with Gasteiger partial charge in [0.15, 0.2) is 0 Å². The van der Waals surface area contributed by atoms with Gasteiger partial charge in [0.1, 0.15) is 12.6 Å². The molecule has 0 unspecified atom stereocenters. The maximum atomic E-state index is 12.0. The fourth-order valence-corrected chi connectivity index (χ4v) is 2.33. The summed E-state index contributed by atoms with van der Waals surface area (Å²) in [5.74, 6) is 0.212. The van der Waals surface area contributed by atoms with E-state index >= 15 is 0 Å². The van der Waals surface area contributed by atoms with E-state index in [0.717, 1.165) is 31.3 Å². The van der Waals surface area contributed by atoms with Gasteiger partial charge in [-0.3, -0.25) is 4.79 Å². The Morgan fingerprint density at radius 1 is 1.39 bits per heavy atom. The minimum atomic E-state index is -0.187. The van der Waals surface area contributed by atoms with Gasteiger partial charge in [-0.2, -0.15) is 0 Å². The van der Waals surface area contributed by atoms with Gasteiger partial charge >= 0.3 is 5.97 Å². The number of allylic oxidation sites excluding steroid dienone is 2. The van der Waals surface area contributed by atoms with Crippen molar-refractivity contribution in [3.05, 3.63) is 23.8 Å². The van der Waals surface area contributed by atoms with E-state index in [1.54, 1.807) is 0 Å². The quantitative estimate of drug-likeness (QED) is 0.707. The molecule has 0 radical (unpaired) electrons. The fourth-order valence-electron chi connectivity index (χ4n) is 2.33. The van der Waals surface area contributed by atoms with Crippen LogP contribution in [-0.4, -0.2) is 25.7 Å². The molecular weight excluding hydrogens is 226 g/mol. The number of hydrogen-bond acceptors (Lipinski definition) is 3. The summed E-state index contributed by atoms with van der Waals surface area (Å²) in [5.41, 5.74) is 1.11. The molecule has 1 N–H and O–H groups in total. The van der Waals surface area contributed by atoms with Gasteiger partial charge in [-0.25, -0.2) is 0 Å². The highest BCUT2D eigenvalue weighted by Crippen LogP contribution is 2.15. The first-order valence-electron chi connectivity index (χ1n) is 6.92. The summed E-state index contributed by atoms with van der Waals surface area (Å²) in [6.07, 6.45) is 10.4. The van der Waals surface area contributed by atoms with Crippen molar-refractivity contribution in [1.29, 1.82) is 0 Å². The van der Waals surface area contributed by atoms with Crippen molar-refractivity contribution in [1.82, 2.24) is 5.32 Å². The van der Waals surface area contributed by atoms with Crippen LogP contribution in [0.3, 0.4) is 0 Å². The number of ether oxygens (including phenoxy) is 1. The normalized spacial score (nSPS) is 16.6. The van der Waals surface area contributed by atoms with Gasteiger partial charge < -0.3 is 10.1 Å². The molecule has 1 aliphatic rings. The van der Waals surface area contributed by atoms with Crippen LogP contribution in [0.2, 0.25) is 0 Å². The number of carbonyl (C=O) groups is 1. The van der Waals surface area contributed by atoms with Crippen molar-refractivity contribution >= 4 is 5.97 Å². The van der Waals surface area contributed by atoms with Gasteiger partial charge in [0, 0.05) is 0 Å². The van der Waals surface area contributed by atoms with E-state index in [2.05, 4.69) is 31.3 Å². The standard InChI is InChI=1S/C15H25NO2/c1-4-13(5-2)14(16-3)15(17)18-11-12-9-7-6-8-10-12/h7,9-10,13-14,16H,4-6,8,11H2,1-3H3/t14-/m0/s1. The molecule has 0 aromatic rings. The van der Waals surface area contributed by atoms with E-state index in [1.165, 1.54) is 0 Å². The maximum absolute atomic E-state index is 12.0. The molecule has 0 fully saturated rings. The number of rotatable bonds is 7. The third-order valence-electron chi connectivity index (χ3n) is 3.54. The smallest absolute Gasteiger partial charge is 0.323 e. The summed E-state index contributed by atoms with van der Waals surface area (Å²) >= 11 is 0. The third kappa shape index (κ3) is 4.30. The molecule has 18 heavy (non-hydrogen) atoms. The molecule has 3 nitrogen and oxygen atoms in total. The molecule has 102 valence electrons. The Balaban J connectivity index is 2.47. The van der Waals surface area contributed by atoms with Crippen LogP contribution < -0.4 is 5.32 Å². The largest absolute Gasteiger partial charge is 0.460 e. The van der Waals surface area contributed by atoms with Crippen molar-refractivity contribution in [3.8, 4) is 0 Å². The molecule has 1 rings (SSSR count). The second-order valence-corrected chi connectivity index (χ2v) is 4.71. The molecule has 0 amide bonds. The first kappa shape index (κ1) is 15.0. The number of esters is 1. The number of nitrogens with one attached hydrogen (secondary N) is 1. The lowest BCUT2D eigenvalue weighted by molar-refractivity contribution is -0.146. The van der Waals surface area contributed by atoms with E-state index in [-0.39, 0.29) is 12.0 Å². The van der Waals surface area contributed by atoms with Gasteiger partial charge in [0.05, 0.1) is 0 Å². The van der Waals surface area contributed by atoms with E-state index in [4.69, 9.17) is 4.74 Å². The van der Waals surface area contributed by atoms with Crippen molar-refractivity contribution in [2.24, 2.45) is 5.92 Å². The van der Waals surface area contributed by atoms with Crippen molar-refractivity contribution in [2.45, 2.75) is 45.6 Å². The first-order valence-corrected chi connectivity index (χ1v) is 6.92. The second kappa shape index (κ2) is 8.09. The fraction of sp³-hybridized carbons (Fsp3) is 0.667. The number of hydrogen-bond donors (Lipinski definition) is 1. The molecule has 0 bridgehead atoms. The zero-order valence-electron chi connectivity index (χ0n) is 11.7. The van der Waals surface area contributed by atoms with Crippen molar-refractivity contribution in [2.75, 3.05) is 13.7 Å². The zero-order valence-corrected chi connectivity index (χ0v) is 11.7. The summed E-state index contributed by atoms with van der Waals surface area (Å²) in [4.78, 5) is 12.0. The summed E-state index contributed by atoms with van der Waals surface area (Å²) < 4.78 is 5.40. The summed E-state index contributed by atoms with van der Waals surface area (Å²) in [5, 5.41) is 3.08. The molecule has 1 atom stereocenters. The van der Waals surface area contributed by atoms with Gasteiger partial charge in [-0.15, -0.1) is 0 Å². The highest BCUT2D eigenvalue weighted by molar-refractivity contribution is 5.76. The van der Waals surface area contributed by atoms with Gasteiger partial charge in [-0.05, 0) is 31.4 Å². The highest BCUT2D eigenvalue weighted by Gasteiger charge is 2.25. The monoisotopic (exact) mass is 251 g/mol. The summed E-state index contributed by atoms with van der Waals surface area (Å²) in [6.45, 7) is 4.62. The molecule has 0 spiro atoms. The lowest BCUT2D eigenvalue weighted by Gasteiger charge is -2.23. The van der Waals surface area contributed by atoms with Crippen molar-refractivity contribution in [3.63, 3.8) is 0 Å². The van der Waals surface area contributed by atoms with Crippen LogP contribution >= 0.6 is 0 Å². The van der Waals surface area contributed by atoms with Crippen LogP contribution in [0.25, 0.3) is 0 Å². The van der Waals surface area contributed by atoms with Crippen molar-refractivity contribution < 1.29 is 9.53 Å². The Morgan fingerprint density at radius 2 is 2.11 bits per heavy atom. The topological polar surface area (TPSA) is 38.3 Å². The SMILES string of the molecule is CCC(CC)[C@H](NC)C(=O)OCC1=CCCC=C1. The molecular formula is C15H25NO2. The maximum Gasteiger partial charge on any atom is 0.323 e. The zero-order chi connectivity index (χ0) is 13.4. The molecule has 0 aromatic carbocycles. The third-order valence-corrected chi connectivity index (χ3v) is 3.54. The lowest BCUT2D eigenvalue weighted by Crippen LogP contribution is -2.41. The van der Waals surface area contributed by atoms with E-state index in [9.17, 15) is 4.79 Å². The van der Waals surface area contributed by atoms with E-state index < -0.39 is 0 Å². The Morgan fingerprint density at radius 3 is 2.61 bits per heavy atom. The minimum Gasteiger partial charge on any atom is -0.460 e. The highest BCUT2D eigenvalue weighted by atomic mass is 16.5. The summed E-state index contributed by atoms with van der Waals surface area (Å²) in [7, 11) is 1.82. The Bertz CT molecular complexity index is 316. The van der Waals surface area contributed by atoms with Gasteiger partial charge in [-0.1, -0.05) is 44.9 Å². The van der Waals surface area contributed by atoms with Crippen LogP contribution in [0.1, 0.15) is 39.5 Å². The Hall–Kier alpha value is -1.09. The minimum absolute atomic E-state index is 0.133.